The summed E-state index contributed by atoms with van der Waals surface area (Å²) in [7, 11) is 0. The third-order valence-corrected chi connectivity index (χ3v) is 3.68. The number of benzene rings is 1. The number of nitriles is 1. The van der Waals surface area contributed by atoms with Crippen molar-refractivity contribution in [2.75, 3.05) is 0 Å². The summed E-state index contributed by atoms with van der Waals surface area (Å²) < 4.78 is 38.9. The van der Waals surface area contributed by atoms with E-state index in [-0.39, 0.29) is 11.8 Å². The Balaban J connectivity index is 2.00. The molecule has 1 aliphatic rings. The lowest BCUT2D eigenvalue weighted by atomic mass is 9.78. The summed E-state index contributed by atoms with van der Waals surface area (Å²) in [5.41, 5.74) is 0.794. The van der Waals surface area contributed by atoms with Gasteiger partial charge in [0, 0.05) is 0 Å². The molecule has 0 N–H and O–H groups in total. The van der Waals surface area contributed by atoms with Crippen LogP contribution in [-0.4, -0.2) is 0 Å². The molecule has 0 unspecified atom stereocenters. The average molecular weight is 265 g/mol. The maximum atomic E-state index is 13.2. The highest BCUT2D eigenvalue weighted by molar-refractivity contribution is 5.23. The van der Waals surface area contributed by atoms with Crippen molar-refractivity contribution in [2.24, 2.45) is 5.92 Å². The van der Waals surface area contributed by atoms with Gasteiger partial charge in [0.2, 0.25) is 0 Å². The van der Waals surface area contributed by atoms with Crippen LogP contribution in [0.4, 0.5) is 13.2 Å². The minimum absolute atomic E-state index is 0.0706. The molecule has 0 amide bonds. The zero-order valence-corrected chi connectivity index (χ0v) is 10.4. The summed E-state index contributed by atoms with van der Waals surface area (Å²) in [6.07, 6.45) is 4.48. The molecule has 0 heterocycles. The number of halogens is 3. The van der Waals surface area contributed by atoms with Crippen LogP contribution >= 0.6 is 0 Å². The smallest absolute Gasteiger partial charge is 0.196 e. The van der Waals surface area contributed by atoms with Crippen molar-refractivity contribution >= 4 is 0 Å². The lowest BCUT2D eigenvalue weighted by molar-refractivity contribution is 0.370. The first-order valence-corrected chi connectivity index (χ1v) is 6.32. The highest BCUT2D eigenvalue weighted by atomic mass is 19.2. The molecule has 19 heavy (non-hydrogen) atoms. The lowest BCUT2D eigenvalue weighted by Gasteiger charge is -2.27. The van der Waals surface area contributed by atoms with Gasteiger partial charge >= 0.3 is 0 Å². The molecule has 100 valence electrons. The second-order valence-electron chi connectivity index (χ2n) is 4.91. The van der Waals surface area contributed by atoms with E-state index in [0.717, 1.165) is 37.3 Å². The van der Waals surface area contributed by atoms with E-state index in [0.29, 0.717) is 0 Å². The minimum Gasteiger partial charge on any atom is -0.204 e. The van der Waals surface area contributed by atoms with Gasteiger partial charge < -0.3 is 0 Å². The number of hydrogen-bond acceptors (Lipinski definition) is 1. The number of allylic oxidation sites excluding steroid dienone is 2. The van der Waals surface area contributed by atoms with Crippen LogP contribution in [0.2, 0.25) is 0 Å². The van der Waals surface area contributed by atoms with Crippen LogP contribution in [0, 0.1) is 28.9 Å². The summed E-state index contributed by atoms with van der Waals surface area (Å²) in [4.78, 5) is 0. The van der Waals surface area contributed by atoms with Gasteiger partial charge in [-0.2, -0.15) is 9.65 Å². The zero-order chi connectivity index (χ0) is 13.8. The largest absolute Gasteiger partial charge is 0.204 e. The zero-order valence-electron chi connectivity index (χ0n) is 10.4. The fraction of sp³-hybridized carbons (Fsp3) is 0.400. The second kappa shape index (κ2) is 5.92. The standard InChI is InChI=1S/C15H14F3N/c16-13(9-19)7-10-1-3-11(4-2-10)12-5-6-14(17)15(18)8-12/h5-8,10-11H,1-4H2. The molecular formula is C15H14F3N. The van der Waals surface area contributed by atoms with E-state index in [1.165, 1.54) is 18.2 Å². The molecule has 0 spiro atoms. The van der Waals surface area contributed by atoms with Crippen molar-refractivity contribution in [1.82, 2.24) is 0 Å². The Bertz CT molecular complexity index is 523. The highest BCUT2D eigenvalue weighted by Crippen LogP contribution is 2.37. The first-order valence-electron chi connectivity index (χ1n) is 6.32. The van der Waals surface area contributed by atoms with E-state index in [1.54, 1.807) is 6.07 Å². The fourth-order valence-electron chi connectivity index (χ4n) is 2.63. The SMILES string of the molecule is N#CC(F)=CC1CCC(c2ccc(F)c(F)c2)CC1. The maximum Gasteiger partial charge on any atom is 0.196 e. The third-order valence-electron chi connectivity index (χ3n) is 3.68. The van der Waals surface area contributed by atoms with Crippen molar-refractivity contribution in [1.29, 1.82) is 5.26 Å². The van der Waals surface area contributed by atoms with Gasteiger partial charge in [0.25, 0.3) is 0 Å². The molecule has 1 aliphatic carbocycles. The maximum absolute atomic E-state index is 13.2. The summed E-state index contributed by atoms with van der Waals surface area (Å²) in [5, 5.41) is 8.38. The Morgan fingerprint density at radius 3 is 2.42 bits per heavy atom. The molecular weight excluding hydrogens is 251 g/mol. The molecule has 4 heteroatoms. The first kappa shape index (κ1) is 13.7. The van der Waals surface area contributed by atoms with Crippen LogP contribution in [0.3, 0.4) is 0 Å². The summed E-state index contributed by atoms with van der Waals surface area (Å²) in [5.74, 6) is -2.14. The van der Waals surface area contributed by atoms with Gasteiger partial charge in [-0.05, 0) is 61.3 Å². The Kier molecular flexibility index (Phi) is 4.26. The number of hydrogen-bond donors (Lipinski definition) is 0. The molecule has 0 bridgehead atoms. The molecule has 0 saturated heterocycles. The summed E-state index contributed by atoms with van der Waals surface area (Å²) in [6, 6.07) is 5.47. The molecule has 2 rings (SSSR count). The topological polar surface area (TPSA) is 23.8 Å². The van der Waals surface area contributed by atoms with Gasteiger partial charge in [0.05, 0.1) is 0 Å². The average Bonchev–Trinajstić information content (AvgIpc) is 2.42. The fourth-order valence-corrected chi connectivity index (χ4v) is 2.63. The van der Waals surface area contributed by atoms with Gasteiger partial charge in [-0.3, -0.25) is 0 Å². The van der Waals surface area contributed by atoms with Gasteiger partial charge in [-0.25, -0.2) is 8.78 Å². The first-order chi connectivity index (χ1) is 9.10. The number of nitrogens with zero attached hydrogens (tertiary/aromatic N) is 1. The third kappa shape index (κ3) is 3.37. The molecule has 0 atom stereocenters. The Hall–Kier alpha value is -1.76. The quantitative estimate of drug-likeness (QED) is 0.716. The van der Waals surface area contributed by atoms with Crippen molar-refractivity contribution in [3.63, 3.8) is 0 Å². The van der Waals surface area contributed by atoms with E-state index in [4.69, 9.17) is 5.26 Å². The van der Waals surface area contributed by atoms with Crippen LogP contribution in [0.15, 0.2) is 30.1 Å². The van der Waals surface area contributed by atoms with E-state index >= 15 is 0 Å². The van der Waals surface area contributed by atoms with Crippen LogP contribution in [-0.2, 0) is 0 Å². The minimum atomic E-state index is -0.837. The van der Waals surface area contributed by atoms with E-state index in [9.17, 15) is 13.2 Å². The van der Waals surface area contributed by atoms with Crippen molar-refractivity contribution in [2.45, 2.75) is 31.6 Å². The van der Waals surface area contributed by atoms with Gasteiger partial charge in [-0.1, -0.05) is 6.07 Å². The van der Waals surface area contributed by atoms with Crippen LogP contribution in [0.1, 0.15) is 37.2 Å². The van der Waals surface area contributed by atoms with E-state index < -0.39 is 17.5 Å². The van der Waals surface area contributed by atoms with E-state index in [2.05, 4.69) is 0 Å². The van der Waals surface area contributed by atoms with Gasteiger partial charge in [0.15, 0.2) is 17.5 Å². The molecule has 0 aliphatic heterocycles. The van der Waals surface area contributed by atoms with Crippen molar-refractivity contribution in [3.05, 3.63) is 47.3 Å². The Labute approximate surface area is 110 Å². The second-order valence-corrected chi connectivity index (χ2v) is 4.91. The summed E-state index contributed by atoms with van der Waals surface area (Å²) in [6.45, 7) is 0. The summed E-state index contributed by atoms with van der Waals surface area (Å²) >= 11 is 0. The van der Waals surface area contributed by atoms with E-state index in [1.807, 2.05) is 0 Å². The molecule has 1 aromatic carbocycles. The highest BCUT2D eigenvalue weighted by Gasteiger charge is 2.22. The normalized spacial score (nSPS) is 24.0. The van der Waals surface area contributed by atoms with Crippen molar-refractivity contribution in [3.8, 4) is 6.07 Å². The van der Waals surface area contributed by atoms with Crippen LogP contribution in [0.5, 0.6) is 0 Å². The number of rotatable bonds is 2. The monoisotopic (exact) mass is 265 g/mol. The van der Waals surface area contributed by atoms with Crippen LogP contribution in [0.25, 0.3) is 0 Å². The Morgan fingerprint density at radius 2 is 1.84 bits per heavy atom. The molecule has 0 radical (unpaired) electrons. The van der Waals surface area contributed by atoms with Crippen LogP contribution < -0.4 is 0 Å². The predicted molar refractivity (Wildman–Crippen MR) is 65.9 cm³/mol. The molecule has 1 aromatic rings. The molecule has 0 aromatic heterocycles. The molecule has 1 fully saturated rings. The molecule has 1 nitrogen and oxygen atoms in total. The van der Waals surface area contributed by atoms with Gasteiger partial charge in [0.1, 0.15) is 6.07 Å². The van der Waals surface area contributed by atoms with Crippen molar-refractivity contribution < 1.29 is 13.2 Å². The molecule has 1 saturated carbocycles. The predicted octanol–water partition coefficient (Wildman–Crippen LogP) is 4.62. The lowest BCUT2D eigenvalue weighted by Crippen LogP contribution is -2.12. The Morgan fingerprint density at radius 1 is 1.16 bits per heavy atom. The van der Waals surface area contributed by atoms with Gasteiger partial charge in [-0.15, -0.1) is 0 Å².